The third-order valence-electron chi connectivity index (χ3n) is 9.30. The van der Waals surface area contributed by atoms with Gasteiger partial charge >= 0.3 is 6.03 Å². The molecule has 3 atom stereocenters. The number of unbranched alkanes of at least 4 members (excludes halogenated alkanes) is 1. The highest BCUT2D eigenvalue weighted by molar-refractivity contribution is 8.00. The quantitative estimate of drug-likeness (QED) is 0.0457. The van der Waals surface area contributed by atoms with Crippen LogP contribution in [0, 0.1) is 0 Å². The molecule has 53 heavy (non-hydrogen) atoms. The largest absolute Gasteiger partial charge is 0.493 e. The number of fused-ring (bicyclic) bond motifs is 4. The number of nitrogens with one attached hydrogen (secondary N) is 7. The van der Waals surface area contributed by atoms with Crippen LogP contribution in [0.15, 0.2) is 42.5 Å². The molecule has 286 valence electrons. The molecule has 16 heteroatoms. The second kappa shape index (κ2) is 18.9. The third kappa shape index (κ3) is 10.1. The summed E-state index contributed by atoms with van der Waals surface area (Å²) in [5.74, 6) is 2.88. The maximum Gasteiger partial charge on any atom is 0.315 e. The summed E-state index contributed by atoms with van der Waals surface area (Å²) in [5, 5.41) is 24.0. The van der Waals surface area contributed by atoms with Gasteiger partial charge in [0.2, 0.25) is 5.91 Å². The number of carbonyl (C=O) groups excluding carboxylic acids is 3. The summed E-state index contributed by atoms with van der Waals surface area (Å²) in [6.07, 6.45) is 3.28. The molecule has 7 N–H and O–H groups in total. The Bertz CT molecular complexity index is 1800. The Balaban J connectivity index is 0.769. The number of ether oxygens (including phenoxy) is 5. The fourth-order valence-corrected chi connectivity index (χ4v) is 8.16. The molecular weight excluding hydrogens is 703 g/mol. The van der Waals surface area contributed by atoms with Crippen molar-refractivity contribution in [2.45, 2.75) is 43.0 Å². The fraction of sp³-hybridized carbons (Fsp3) is 0.486. The zero-order valence-electron chi connectivity index (χ0n) is 30.1. The first-order valence-electron chi connectivity index (χ1n) is 18.0. The number of carbonyl (C=O) groups is 3. The predicted octanol–water partition coefficient (Wildman–Crippen LogP) is 3.98. The normalized spacial score (nSPS) is 17.8. The highest BCUT2D eigenvalue weighted by Gasteiger charge is 2.42. The lowest BCUT2D eigenvalue weighted by Crippen LogP contribution is -2.36. The Morgan fingerprint density at radius 3 is 2.36 bits per heavy atom. The van der Waals surface area contributed by atoms with Crippen LogP contribution in [-0.2, 0) is 19.0 Å². The van der Waals surface area contributed by atoms with Crippen LogP contribution in [0.25, 0.3) is 22.0 Å². The van der Waals surface area contributed by atoms with Gasteiger partial charge in [0.15, 0.2) is 11.5 Å². The van der Waals surface area contributed by atoms with Gasteiger partial charge in [-0.3, -0.25) is 19.8 Å². The van der Waals surface area contributed by atoms with E-state index < -0.39 is 0 Å². The number of amides is 4. The number of urea groups is 1. The van der Waals surface area contributed by atoms with E-state index in [1.807, 2.05) is 36.0 Å². The maximum absolute atomic E-state index is 12.8. The minimum absolute atomic E-state index is 0.0284. The third-order valence-corrected chi connectivity index (χ3v) is 10.8. The van der Waals surface area contributed by atoms with Crippen molar-refractivity contribution >= 4 is 51.9 Å². The summed E-state index contributed by atoms with van der Waals surface area (Å²) in [4.78, 5) is 36.4. The summed E-state index contributed by atoms with van der Waals surface area (Å²) in [6, 6.07) is 13.6. The van der Waals surface area contributed by atoms with Gasteiger partial charge < -0.3 is 50.3 Å². The Labute approximate surface area is 312 Å². The number of hydrogen-bond acceptors (Lipinski definition) is 10. The lowest BCUT2D eigenvalue weighted by atomic mass is 10.0. The smallest absolute Gasteiger partial charge is 0.315 e. The molecule has 0 spiro atoms. The Hall–Kier alpha value is -4.64. The Morgan fingerprint density at radius 2 is 1.58 bits per heavy atom. The van der Waals surface area contributed by atoms with Gasteiger partial charge in [0.25, 0.3) is 5.91 Å². The van der Waals surface area contributed by atoms with Crippen LogP contribution in [0.3, 0.4) is 0 Å². The predicted molar refractivity (Wildman–Crippen MR) is 204 cm³/mol. The van der Waals surface area contributed by atoms with Crippen LogP contribution in [0.5, 0.6) is 11.5 Å². The summed E-state index contributed by atoms with van der Waals surface area (Å²) >= 11 is 1.90. The van der Waals surface area contributed by atoms with Crippen molar-refractivity contribution in [1.82, 2.24) is 31.5 Å². The average Bonchev–Trinajstić information content (AvgIpc) is 3.93. The number of hydrogen-bond donors (Lipinski definition) is 7. The number of thioether (sulfide) groups is 1. The molecule has 15 nitrogen and oxygen atoms in total. The Morgan fingerprint density at radius 1 is 0.849 bits per heavy atom. The minimum Gasteiger partial charge on any atom is -0.493 e. The molecule has 0 bridgehead atoms. The number of methoxy groups -OCH3 is 2. The second-order valence-electron chi connectivity index (χ2n) is 12.9. The first kappa shape index (κ1) is 38.1. The van der Waals surface area contributed by atoms with Crippen LogP contribution in [0.1, 0.15) is 36.0 Å². The summed E-state index contributed by atoms with van der Waals surface area (Å²) in [5.41, 5.74) is 3.19. The number of rotatable bonds is 22. The van der Waals surface area contributed by atoms with Crippen LogP contribution in [0.4, 0.5) is 16.3 Å². The molecule has 4 amide bonds. The highest BCUT2D eigenvalue weighted by Crippen LogP contribution is 2.42. The zero-order chi connectivity index (χ0) is 37.0. The van der Waals surface area contributed by atoms with Crippen LogP contribution in [-0.4, -0.2) is 118 Å². The molecule has 0 aromatic heterocycles. The van der Waals surface area contributed by atoms with Crippen LogP contribution >= 0.6 is 11.8 Å². The second-order valence-corrected chi connectivity index (χ2v) is 14.1. The molecule has 2 aromatic rings. The molecule has 3 aliphatic heterocycles. The van der Waals surface area contributed by atoms with E-state index in [-0.39, 0.29) is 29.9 Å². The standard InChI is InChI=1S/C37H49N7O8S/c1-48-29-20-24-19-27-33(26(24)21-30(29)49-2)43-44-35(27)40-25-7-5-6-23(18-25)36(46)39-11-13-51-15-17-52-16-14-50-12-10-38-32(45)9-4-3-8-31-34-28(22-53-31)41-37(47)42-34/h5-7,18-21,28,31,34,40,43-44H,3-4,8-17,22H2,1-2H3,(H,38,45)(H,39,46)(H2,41,42,47). The van der Waals surface area contributed by atoms with E-state index in [9.17, 15) is 14.4 Å². The molecule has 2 saturated heterocycles. The molecular formula is C37H49N7O8S. The number of anilines is 2. The van der Waals surface area contributed by atoms with E-state index in [1.54, 1.807) is 26.4 Å². The van der Waals surface area contributed by atoms with Gasteiger partial charge in [-0.25, -0.2) is 4.79 Å². The van der Waals surface area contributed by atoms with Gasteiger partial charge in [0, 0.05) is 52.7 Å². The van der Waals surface area contributed by atoms with E-state index in [0.717, 1.165) is 58.6 Å². The molecule has 1 aliphatic carbocycles. The van der Waals surface area contributed by atoms with Crippen LogP contribution in [0.2, 0.25) is 0 Å². The summed E-state index contributed by atoms with van der Waals surface area (Å²) in [7, 11) is 3.23. The van der Waals surface area contributed by atoms with Gasteiger partial charge in [-0.1, -0.05) is 12.5 Å². The van der Waals surface area contributed by atoms with Gasteiger partial charge in [-0.2, -0.15) is 11.8 Å². The van der Waals surface area contributed by atoms with Gasteiger partial charge in [-0.15, -0.1) is 0 Å². The van der Waals surface area contributed by atoms with Crippen molar-refractivity contribution < 1.29 is 38.1 Å². The molecule has 3 heterocycles. The first-order valence-corrected chi connectivity index (χ1v) is 19.1. The maximum atomic E-state index is 12.8. The average molecular weight is 752 g/mol. The fourth-order valence-electron chi connectivity index (χ4n) is 6.61. The van der Waals surface area contributed by atoms with Crippen molar-refractivity contribution in [2.24, 2.45) is 0 Å². The van der Waals surface area contributed by atoms with E-state index in [2.05, 4.69) is 42.8 Å². The van der Waals surface area contributed by atoms with E-state index >= 15 is 0 Å². The topological polar surface area (TPSA) is 189 Å². The molecule has 3 unspecified atom stereocenters. The van der Waals surface area contributed by atoms with Crippen molar-refractivity contribution in [3.63, 3.8) is 0 Å². The van der Waals surface area contributed by atoms with Crippen molar-refractivity contribution in [3.05, 3.63) is 48.0 Å². The van der Waals surface area contributed by atoms with E-state index in [1.165, 1.54) is 0 Å². The molecule has 4 aliphatic rings. The molecule has 2 fully saturated rings. The molecule has 2 aromatic carbocycles. The van der Waals surface area contributed by atoms with Gasteiger partial charge in [0.05, 0.1) is 71.6 Å². The van der Waals surface area contributed by atoms with Crippen molar-refractivity contribution in [1.29, 1.82) is 0 Å². The van der Waals surface area contributed by atoms with Crippen molar-refractivity contribution in [3.8, 4) is 22.8 Å². The summed E-state index contributed by atoms with van der Waals surface area (Å²) < 4.78 is 27.6. The minimum atomic E-state index is -0.195. The Kier molecular flexibility index (Phi) is 13.6. The molecule has 6 rings (SSSR count). The van der Waals surface area contributed by atoms with Gasteiger partial charge in [-0.05, 0) is 54.6 Å². The van der Waals surface area contributed by atoms with E-state index in [4.69, 9.17) is 23.7 Å². The molecule has 0 saturated carbocycles. The number of aromatic nitrogens is 2. The van der Waals surface area contributed by atoms with Gasteiger partial charge in [0.1, 0.15) is 5.82 Å². The van der Waals surface area contributed by atoms with Crippen LogP contribution < -0.4 is 36.1 Å². The molecule has 0 radical (unpaired) electrons. The number of H-pyrrole nitrogens is 2. The zero-order valence-corrected chi connectivity index (χ0v) is 31.0. The lowest BCUT2D eigenvalue weighted by molar-refractivity contribution is -0.121. The first-order chi connectivity index (χ1) is 25.9. The number of benzene rings is 2. The summed E-state index contributed by atoms with van der Waals surface area (Å²) in [6.45, 7) is 3.26. The number of aromatic amines is 2. The van der Waals surface area contributed by atoms with E-state index in [0.29, 0.717) is 81.5 Å². The SMILES string of the molecule is COc1cc2cc3c(Nc4cccc(C(=O)NCCOCCOCCOCCNC(=O)CCCCC5SCC6NC(=O)NC65)c4)[nH][nH]c-3c2cc1OC. The lowest BCUT2D eigenvalue weighted by Gasteiger charge is -2.16. The van der Waals surface area contributed by atoms with Crippen molar-refractivity contribution in [2.75, 3.05) is 78.0 Å². The highest BCUT2D eigenvalue weighted by atomic mass is 32.2. The monoisotopic (exact) mass is 751 g/mol.